The monoisotopic (exact) mass is 376 g/mol. The predicted molar refractivity (Wildman–Crippen MR) is 107 cm³/mol. The number of hydrogen-bond acceptors (Lipinski definition) is 4. The first-order valence-corrected chi connectivity index (χ1v) is 8.72. The summed E-state index contributed by atoms with van der Waals surface area (Å²) in [5.41, 5.74) is 0.956. The fourth-order valence-corrected chi connectivity index (χ4v) is 2.52. The SMILES string of the molecule is CNC(=O)c1ccccc1OCC(=O)Nc1cccc(Oc2ccccc2)c1. The molecule has 0 aliphatic rings. The first kappa shape index (κ1) is 19.0. The Morgan fingerprint density at radius 3 is 2.36 bits per heavy atom. The molecule has 3 aromatic rings. The lowest BCUT2D eigenvalue weighted by Crippen LogP contribution is -2.22. The van der Waals surface area contributed by atoms with Crippen LogP contribution in [0, 0.1) is 0 Å². The summed E-state index contributed by atoms with van der Waals surface area (Å²) >= 11 is 0. The second kappa shape index (κ2) is 9.23. The third-order valence-corrected chi connectivity index (χ3v) is 3.81. The van der Waals surface area contributed by atoms with Crippen LogP contribution >= 0.6 is 0 Å². The van der Waals surface area contributed by atoms with Crippen molar-refractivity contribution >= 4 is 17.5 Å². The van der Waals surface area contributed by atoms with Crippen LogP contribution < -0.4 is 20.1 Å². The van der Waals surface area contributed by atoms with Crippen molar-refractivity contribution in [2.45, 2.75) is 0 Å². The number of nitrogens with one attached hydrogen (secondary N) is 2. The zero-order valence-electron chi connectivity index (χ0n) is 15.3. The second-order valence-electron chi connectivity index (χ2n) is 5.86. The highest BCUT2D eigenvalue weighted by Crippen LogP contribution is 2.24. The number of anilines is 1. The summed E-state index contributed by atoms with van der Waals surface area (Å²) in [7, 11) is 1.54. The molecule has 142 valence electrons. The fraction of sp³-hybridized carbons (Fsp3) is 0.0909. The Morgan fingerprint density at radius 2 is 1.57 bits per heavy atom. The van der Waals surface area contributed by atoms with Crippen LogP contribution in [-0.4, -0.2) is 25.5 Å². The molecular weight excluding hydrogens is 356 g/mol. The van der Waals surface area contributed by atoms with E-state index in [2.05, 4.69) is 10.6 Å². The number of ether oxygens (including phenoxy) is 2. The minimum Gasteiger partial charge on any atom is -0.483 e. The molecule has 0 bridgehead atoms. The van der Waals surface area contributed by atoms with Crippen molar-refractivity contribution < 1.29 is 19.1 Å². The number of benzene rings is 3. The van der Waals surface area contributed by atoms with Gasteiger partial charge in [0.15, 0.2) is 6.61 Å². The maximum atomic E-state index is 12.2. The van der Waals surface area contributed by atoms with Gasteiger partial charge in [0.2, 0.25) is 0 Å². The number of rotatable bonds is 7. The molecule has 0 spiro atoms. The molecule has 6 nitrogen and oxygen atoms in total. The lowest BCUT2D eigenvalue weighted by atomic mass is 10.2. The third kappa shape index (κ3) is 5.11. The summed E-state index contributed by atoms with van der Waals surface area (Å²) in [5.74, 6) is 1.04. The first-order chi connectivity index (χ1) is 13.7. The maximum absolute atomic E-state index is 12.2. The maximum Gasteiger partial charge on any atom is 0.262 e. The molecule has 2 N–H and O–H groups in total. The van der Waals surface area contributed by atoms with Crippen LogP contribution in [0.15, 0.2) is 78.9 Å². The molecule has 2 amide bonds. The number of carbonyl (C=O) groups is 2. The Morgan fingerprint density at radius 1 is 0.857 bits per heavy atom. The summed E-state index contributed by atoms with van der Waals surface area (Å²) in [6.45, 7) is -0.224. The summed E-state index contributed by atoms with van der Waals surface area (Å²) in [4.78, 5) is 24.1. The summed E-state index contributed by atoms with van der Waals surface area (Å²) in [6, 6.07) is 23.2. The average Bonchev–Trinajstić information content (AvgIpc) is 2.73. The summed E-state index contributed by atoms with van der Waals surface area (Å²) in [5, 5.41) is 5.30. The van der Waals surface area contributed by atoms with Crippen LogP contribution in [0.3, 0.4) is 0 Å². The summed E-state index contributed by atoms with van der Waals surface area (Å²) in [6.07, 6.45) is 0. The highest BCUT2D eigenvalue weighted by Gasteiger charge is 2.12. The van der Waals surface area contributed by atoms with Crippen molar-refractivity contribution in [2.75, 3.05) is 19.0 Å². The third-order valence-electron chi connectivity index (χ3n) is 3.81. The van der Waals surface area contributed by atoms with Crippen LogP contribution in [0.2, 0.25) is 0 Å². The van der Waals surface area contributed by atoms with E-state index in [0.717, 1.165) is 0 Å². The van der Waals surface area contributed by atoms with Gasteiger partial charge in [0.1, 0.15) is 17.2 Å². The normalized spacial score (nSPS) is 10.0. The van der Waals surface area contributed by atoms with E-state index in [9.17, 15) is 9.59 Å². The van der Waals surface area contributed by atoms with Crippen molar-refractivity contribution in [3.05, 3.63) is 84.4 Å². The molecule has 28 heavy (non-hydrogen) atoms. The van der Waals surface area contributed by atoms with Crippen LogP contribution in [-0.2, 0) is 4.79 Å². The summed E-state index contributed by atoms with van der Waals surface area (Å²) < 4.78 is 11.3. The smallest absolute Gasteiger partial charge is 0.262 e. The lowest BCUT2D eigenvalue weighted by molar-refractivity contribution is -0.118. The second-order valence-corrected chi connectivity index (χ2v) is 5.86. The largest absolute Gasteiger partial charge is 0.483 e. The van der Waals surface area contributed by atoms with Gasteiger partial charge in [-0.3, -0.25) is 9.59 Å². The predicted octanol–water partition coefficient (Wildman–Crippen LogP) is 3.86. The van der Waals surface area contributed by atoms with Crippen molar-refractivity contribution in [3.8, 4) is 17.2 Å². The Kier molecular flexibility index (Phi) is 6.25. The quantitative estimate of drug-likeness (QED) is 0.657. The van der Waals surface area contributed by atoms with Gasteiger partial charge in [-0.2, -0.15) is 0 Å². The van der Waals surface area contributed by atoms with Crippen LogP contribution in [0.4, 0.5) is 5.69 Å². The Bertz CT molecular complexity index is 958. The van der Waals surface area contributed by atoms with Gasteiger partial charge in [-0.05, 0) is 36.4 Å². The highest BCUT2D eigenvalue weighted by molar-refractivity contribution is 5.97. The standard InChI is InChI=1S/C22H20N2O4/c1-23-22(26)19-12-5-6-13-20(19)27-15-21(25)24-16-8-7-11-18(14-16)28-17-9-3-2-4-10-17/h2-14H,15H2,1H3,(H,23,26)(H,24,25). The molecule has 3 rings (SSSR count). The van der Waals surface area contributed by atoms with E-state index in [1.807, 2.05) is 30.3 Å². The van der Waals surface area contributed by atoms with E-state index in [4.69, 9.17) is 9.47 Å². The fourth-order valence-electron chi connectivity index (χ4n) is 2.52. The van der Waals surface area contributed by atoms with Gasteiger partial charge in [0.25, 0.3) is 11.8 Å². The van der Waals surface area contributed by atoms with Gasteiger partial charge < -0.3 is 20.1 Å². The topological polar surface area (TPSA) is 76.7 Å². The molecule has 0 saturated heterocycles. The zero-order chi connectivity index (χ0) is 19.8. The zero-order valence-corrected chi connectivity index (χ0v) is 15.3. The average molecular weight is 376 g/mol. The Hall–Kier alpha value is -3.80. The highest BCUT2D eigenvalue weighted by atomic mass is 16.5. The molecule has 6 heteroatoms. The number of amides is 2. The van der Waals surface area contributed by atoms with E-state index in [1.165, 1.54) is 7.05 Å². The molecular formula is C22H20N2O4. The van der Waals surface area contributed by atoms with Crippen molar-refractivity contribution in [1.29, 1.82) is 0 Å². The van der Waals surface area contributed by atoms with E-state index in [0.29, 0.717) is 28.5 Å². The molecule has 0 unspecified atom stereocenters. The van der Waals surface area contributed by atoms with Gasteiger partial charge in [0.05, 0.1) is 5.56 Å². The number of para-hydroxylation sites is 2. The minimum atomic E-state index is -0.344. The molecule has 0 heterocycles. The minimum absolute atomic E-state index is 0.224. The number of hydrogen-bond donors (Lipinski definition) is 2. The molecule has 0 saturated carbocycles. The van der Waals surface area contributed by atoms with Crippen LogP contribution in [0.5, 0.6) is 17.2 Å². The van der Waals surface area contributed by atoms with Gasteiger partial charge >= 0.3 is 0 Å². The Labute approximate surface area is 163 Å². The molecule has 3 aromatic carbocycles. The van der Waals surface area contributed by atoms with Gasteiger partial charge in [0, 0.05) is 18.8 Å². The first-order valence-electron chi connectivity index (χ1n) is 8.72. The van der Waals surface area contributed by atoms with E-state index in [1.54, 1.807) is 48.5 Å². The van der Waals surface area contributed by atoms with Gasteiger partial charge in [-0.1, -0.05) is 36.4 Å². The molecule has 0 radical (unpaired) electrons. The van der Waals surface area contributed by atoms with E-state index < -0.39 is 0 Å². The van der Waals surface area contributed by atoms with E-state index >= 15 is 0 Å². The lowest BCUT2D eigenvalue weighted by Gasteiger charge is -2.11. The van der Waals surface area contributed by atoms with Crippen molar-refractivity contribution in [2.24, 2.45) is 0 Å². The van der Waals surface area contributed by atoms with Crippen LogP contribution in [0.25, 0.3) is 0 Å². The molecule has 0 aliphatic heterocycles. The molecule has 0 aromatic heterocycles. The van der Waals surface area contributed by atoms with Crippen LogP contribution in [0.1, 0.15) is 10.4 Å². The number of carbonyl (C=O) groups excluding carboxylic acids is 2. The molecule has 0 aliphatic carbocycles. The van der Waals surface area contributed by atoms with E-state index in [-0.39, 0.29) is 18.4 Å². The molecule has 0 atom stereocenters. The van der Waals surface area contributed by atoms with Gasteiger partial charge in [-0.15, -0.1) is 0 Å². The van der Waals surface area contributed by atoms with Crippen molar-refractivity contribution in [3.63, 3.8) is 0 Å². The van der Waals surface area contributed by atoms with Crippen molar-refractivity contribution in [1.82, 2.24) is 5.32 Å². The van der Waals surface area contributed by atoms with Gasteiger partial charge in [-0.25, -0.2) is 0 Å². The Balaban J connectivity index is 1.60. The molecule has 0 fully saturated rings.